The van der Waals surface area contributed by atoms with E-state index in [9.17, 15) is 4.79 Å². The number of aromatic nitrogens is 2. The molecule has 1 atom stereocenters. The highest BCUT2D eigenvalue weighted by Crippen LogP contribution is 2.25. The van der Waals surface area contributed by atoms with Crippen LogP contribution in [0.2, 0.25) is 0 Å². The molecular weight excluding hydrogens is 230 g/mol. The summed E-state index contributed by atoms with van der Waals surface area (Å²) in [5.74, 6) is 0.450. The van der Waals surface area contributed by atoms with Crippen LogP contribution in [-0.4, -0.2) is 27.8 Å². The van der Waals surface area contributed by atoms with Gasteiger partial charge in [-0.15, -0.1) is 0 Å². The number of aryl methyl sites for hydroxylation is 2. The van der Waals surface area contributed by atoms with Crippen LogP contribution in [0.3, 0.4) is 0 Å². The molecule has 0 aliphatic rings. The number of nitrogens with one attached hydrogen (secondary N) is 1. The van der Waals surface area contributed by atoms with Crippen LogP contribution in [0.5, 0.6) is 0 Å². The van der Waals surface area contributed by atoms with E-state index in [2.05, 4.69) is 24.3 Å². The molecule has 0 saturated heterocycles. The minimum Gasteiger partial charge on any atom is -0.365 e. The van der Waals surface area contributed by atoms with Crippen LogP contribution >= 0.6 is 0 Å². The topological polar surface area (TPSA) is 99.0 Å². The largest absolute Gasteiger partial charge is 0.365 e. The van der Waals surface area contributed by atoms with Gasteiger partial charge in [0.2, 0.25) is 0 Å². The fourth-order valence-corrected chi connectivity index (χ4v) is 1.80. The first-order chi connectivity index (χ1) is 8.23. The van der Waals surface area contributed by atoms with Gasteiger partial charge in [0.1, 0.15) is 11.4 Å². The number of hydrogen-bond donors (Lipinski definition) is 3. The van der Waals surface area contributed by atoms with Crippen molar-refractivity contribution in [2.45, 2.75) is 33.2 Å². The molecule has 0 aliphatic carbocycles. The lowest BCUT2D eigenvalue weighted by atomic mass is 9.88. The third-order valence-corrected chi connectivity index (χ3v) is 3.57. The second kappa shape index (κ2) is 4.97. The summed E-state index contributed by atoms with van der Waals surface area (Å²) in [6.45, 7) is 8.39. The summed E-state index contributed by atoms with van der Waals surface area (Å²) in [4.78, 5) is 11.5. The van der Waals surface area contributed by atoms with Gasteiger partial charge < -0.3 is 16.8 Å². The third kappa shape index (κ3) is 2.48. The van der Waals surface area contributed by atoms with Gasteiger partial charge in [0.25, 0.3) is 5.91 Å². The summed E-state index contributed by atoms with van der Waals surface area (Å²) in [5, 5.41) is 7.54. The molecular formula is C12H23N5O. The Morgan fingerprint density at radius 3 is 2.50 bits per heavy atom. The number of nitrogens with two attached hydrogens (primary N) is 2. The van der Waals surface area contributed by atoms with Crippen LogP contribution < -0.4 is 16.8 Å². The molecule has 0 aromatic carbocycles. The zero-order valence-electron chi connectivity index (χ0n) is 11.7. The number of carbonyl (C=O) groups excluding carboxylic acids is 1. The minimum absolute atomic E-state index is 0.304. The second-order valence-electron chi connectivity index (χ2n) is 5.20. The van der Waals surface area contributed by atoms with Gasteiger partial charge in [0.15, 0.2) is 0 Å². The fourth-order valence-electron chi connectivity index (χ4n) is 1.80. The van der Waals surface area contributed by atoms with E-state index in [-0.39, 0.29) is 5.54 Å². The number of anilines is 1. The molecule has 0 fully saturated rings. The first-order valence-corrected chi connectivity index (χ1v) is 6.04. The van der Waals surface area contributed by atoms with Gasteiger partial charge in [0, 0.05) is 13.6 Å². The molecule has 18 heavy (non-hydrogen) atoms. The Labute approximate surface area is 108 Å². The van der Waals surface area contributed by atoms with Crippen LogP contribution in [0, 0.1) is 12.8 Å². The lowest BCUT2D eigenvalue weighted by Gasteiger charge is -2.34. The average Bonchev–Trinajstić information content (AvgIpc) is 2.53. The van der Waals surface area contributed by atoms with Crippen LogP contribution in [0.15, 0.2) is 0 Å². The van der Waals surface area contributed by atoms with Crippen molar-refractivity contribution < 1.29 is 4.79 Å². The number of carbonyl (C=O) groups is 1. The third-order valence-electron chi connectivity index (χ3n) is 3.57. The van der Waals surface area contributed by atoms with Crippen molar-refractivity contribution in [1.82, 2.24) is 9.78 Å². The van der Waals surface area contributed by atoms with E-state index in [1.165, 1.54) is 0 Å². The van der Waals surface area contributed by atoms with E-state index >= 15 is 0 Å². The monoisotopic (exact) mass is 253 g/mol. The van der Waals surface area contributed by atoms with Crippen LogP contribution in [-0.2, 0) is 7.05 Å². The molecule has 0 spiro atoms. The Morgan fingerprint density at radius 2 is 2.11 bits per heavy atom. The van der Waals surface area contributed by atoms with E-state index in [0.29, 0.717) is 29.5 Å². The summed E-state index contributed by atoms with van der Waals surface area (Å²) in [5.41, 5.74) is 12.0. The van der Waals surface area contributed by atoms with Gasteiger partial charge in [-0.25, -0.2) is 0 Å². The molecule has 1 rings (SSSR count). The molecule has 0 radical (unpaired) electrons. The summed E-state index contributed by atoms with van der Waals surface area (Å²) >= 11 is 0. The molecule has 0 saturated carbocycles. The summed E-state index contributed by atoms with van der Waals surface area (Å²) < 4.78 is 1.63. The van der Waals surface area contributed by atoms with Gasteiger partial charge in [-0.3, -0.25) is 9.48 Å². The molecule has 102 valence electrons. The average molecular weight is 253 g/mol. The SMILES string of the molecule is Cc1nn(C)c(NC(C)(CN)C(C)C)c1C(N)=O. The number of rotatable bonds is 5. The number of primary amides is 1. The first kappa shape index (κ1) is 14.5. The van der Waals surface area contributed by atoms with Crippen molar-refractivity contribution >= 4 is 11.7 Å². The van der Waals surface area contributed by atoms with Gasteiger partial charge in [0.05, 0.1) is 11.2 Å². The number of hydrogen-bond acceptors (Lipinski definition) is 4. The molecule has 1 aromatic rings. The molecule has 1 amide bonds. The Bertz CT molecular complexity index is 452. The van der Waals surface area contributed by atoms with Crippen LogP contribution in [0.1, 0.15) is 36.8 Å². The van der Waals surface area contributed by atoms with Crippen molar-refractivity contribution in [3.63, 3.8) is 0 Å². The molecule has 1 unspecified atom stereocenters. The first-order valence-electron chi connectivity index (χ1n) is 6.04. The number of nitrogens with zero attached hydrogens (tertiary/aromatic N) is 2. The molecule has 0 bridgehead atoms. The minimum atomic E-state index is -0.480. The normalized spacial score (nSPS) is 14.6. The zero-order chi connectivity index (χ0) is 14.1. The van der Waals surface area contributed by atoms with E-state index < -0.39 is 5.91 Å². The maximum Gasteiger partial charge on any atom is 0.254 e. The number of amides is 1. The summed E-state index contributed by atoms with van der Waals surface area (Å²) in [6.07, 6.45) is 0. The Kier molecular flexibility index (Phi) is 4.01. The van der Waals surface area contributed by atoms with Crippen molar-refractivity contribution in [1.29, 1.82) is 0 Å². The fraction of sp³-hybridized carbons (Fsp3) is 0.667. The van der Waals surface area contributed by atoms with Crippen molar-refractivity contribution in [3.05, 3.63) is 11.3 Å². The van der Waals surface area contributed by atoms with E-state index in [4.69, 9.17) is 11.5 Å². The maximum absolute atomic E-state index is 11.5. The van der Waals surface area contributed by atoms with Crippen molar-refractivity contribution in [2.24, 2.45) is 24.4 Å². The van der Waals surface area contributed by atoms with Crippen molar-refractivity contribution in [2.75, 3.05) is 11.9 Å². The summed E-state index contributed by atoms with van der Waals surface area (Å²) in [6, 6.07) is 0. The van der Waals surface area contributed by atoms with Gasteiger partial charge >= 0.3 is 0 Å². The highest BCUT2D eigenvalue weighted by Gasteiger charge is 2.30. The lowest BCUT2D eigenvalue weighted by Crippen LogP contribution is -2.48. The predicted octanol–water partition coefficient (Wildman–Crippen LogP) is 0.613. The van der Waals surface area contributed by atoms with Crippen molar-refractivity contribution in [3.8, 4) is 0 Å². The lowest BCUT2D eigenvalue weighted by molar-refractivity contribution is 0.100. The highest BCUT2D eigenvalue weighted by atomic mass is 16.1. The van der Waals surface area contributed by atoms with Crippen LogP contribution in [0.4, 0.5) is 5.82 Å². The maximum atomic E-state index is 11.5. The van der Waals surface area contributed by atoms with Gasteiger partial charge in [-0.2, -0.15) is 5.10 Å². The smallest absolute Gasteiger partial charge is 0.254 e. The molecule has 6 heteroatoms. The van der Waals surface area contributed by atoms with Gasteiger partial charge in [-0.05, 0) is 19.8 Å². The molecule has 1 heterocycles. The summed E-state index contributed by atoms with van der Waals surface area (Å²) in [7, 11) is 1.78. The van der Waals surface area contributed by atoms with Crippen LogP contribution in [0.25, 0.3) is 0 Å². The molecule has 0 aliphatic heterocycles. The molecule has 6 nitrogen and oxygen atoms in total. The highest BCUT2D eigenvalue weighted by molar-refractivity contribution is 5.99. The standard InChI is InChI=1S/C12H23N5O/c1-7(2)12(4,6-13)15-11-9(10(14)18)8(3)16-17(11)5/h7,15H,6,13H2,1-5H3,(H2,14,18). The molecule has 1 aromatic heterocycles. The Hall–Kier alpha value is -1.56. The Balaban J connectivity index is 3.22. The zero-order valence-corrected chi connectivity index (χ0v) is 11.7. The van der Waals surface area contributed by atoms with E-state index in [1.54, 1.807) is 18.7 Å². The Morgan fingerprint density at radius 1 is 1.56 bits per heavy atom. The van der Waals surface area contributed by atoms with Gasteiger partial charge in [-0.1, -0.05) is 13.8 Å². The predicted molar refractivity (Wildman–Crippen MR) is 72.4 cm³/mol. The van der Waals surface area contributed by atoms with E-state index in [1.807, 2.05) is 6.92 Å². The molecule has 5 N–H and O–H groups in total. The quantitative estimate of drug-likeness (QED) is 0.716. The second-order valence-corrected chi connectivity index (χ2v) is 5.20. The van der Waals surface area contributed by atoms with E-state index in [0.717, 1.165) is 0 Å².